The normalized spacial score (nSPS) is 13.9. The van der Waals surface area contributed by atoms with Gasteiger partial charge < -0.3 is 10.3 Å². The molecular formula is C11H14N2O2. The Morgan fingerprint density at radius 3 is 2.80 bits per heavy atom. The molecule has 0 saturated carbocycles. The molecule has 0 aromatic carbocycles. The van der Waals surface area contributed by atoms with Gasteiger partial charge in [0.25, 0.3) is 0 Å². The molecule has 1 aliphatic carbocycles. The first-order chi connectivity index (χ1) is 7.40. The molecule has 0 unspecified atom stereocenters. The van der Waals surface area contributed by atoms with Crippen LogP contribution < -0.4 is 5.73 Å². The predicted octanol–water partition coefficient (Wildman–Crippen LogP) is 1.80. The minimum Gasteiger partial charge on any atom is -0.356 e. The van der Waals surface area contributed by atoms with Crippen LogP contribution in [0.4, 0.5) is 0 Å². The minimum absolute atomic E-state index is 0.342. The lowest BCUT2D eigenvalue weighted by Gasteiger charge is -2.00. The van der Waals surface area contributed by atoms with Gasteiger partial charge in [-0.15, -0.1) is 0 Å². The van der Waals surface area contributed by atoms with Gasteiger partial charge in [-0.25, -0.2) is 0 Å². The summed E-state index contributed by atoms with van der Waals surface area (Å²) in [4.78, 5) is 10.3. The Labute approximate surface area is 88.4 Å². The van der Waals surface area contributed by atoms with Gasteiger partial charge >= 0.3 is 0 Å². The summed E-state index contributed by atoms with van der Waals surface area (Å²) in [6.45, 7) is 0. The lowest BCUT2D eigenvalue weighted by atomic mass is 10.1. The Balaban J connectivity index is 0.000000531. The first-order valence-electron chi connectivity index (χ1n) is 4.77. The van der Waals surface area contributed by atoms with E-state index in [1.54, 1.807) is 6.07 Å². The highest BCUT2D eigenvalue weighted by molar-refractivity contribution is 5.77. The van der Waals surface area contributed by atoms with Crippen LogP contribution >= 0.6 is 0 Å². The van der Waals surface area contributed by atoms with E-state index in [-0.39, 0.29) is 0 Å². The number of aromatic nitrogens is 1. The molecule has 1 aliphatic rings. The van der Waals surface area contributed by atoms with E-state index in [0.29, 0.717) is 17.7 Å². The predicted molar refractivity (Wildman–Crippen MR) is 58.4 cm³/mol. The van der Waals surface area contributed by atoms with Crippen molar-refractivity contribution in [1.29, 1.82) is 0 Å². The van der Waals surface area contributed by atoms with Gasteiger partial charge in [-0.3, -0.25) is 4.79 Å². The number of rotatable bonds is 2. The molecule has 1 aromatic rings. The van der Waals surface area contributed by atoms with Crippen molar-refractivity contribution < 1.29 is 9.32 Å². The third-order valence-electron chi connectivity index (χ3n) is 1.93. The molecule has 15 heavy (non-hydrogen) atoms. The number of hydrogen-bond donors (Lipinski definition) is 1. The number of carbonyl (C=O) groups excluding carboxylic acids is 1. The van der Waals surface area contributed by atoms with Crippen LogP contribution in [-0.4, -0.2) is 18.5 Å². The molecule has 0 radical (unpaired) electrons. The maximum atomic E-state index is 10.3. The van der Waals surface area contributed by atoms with Gasteiger partial charge in [0, 0.05) is 11.6 Å². The minimum atomic E-state index is 0.342. The van der Waals surface area contributed by atoms with Crippen LogP contribution in [0.2, 0.25) is 0 Å². The molecule has 2 rings (SSSR count). The van der Waals surface area contributed by atoms with Crippen LogP contribution in [0.3, 0.4) is 0 Å². The molecule has 0 saturated heterocycles. The fraction of sp³-hybridized carbons (Fsp3) is 0.273. The Hall–Kier alpha value is -1.68. The van der Waals surface area contributed by atoms with Gasteiger partial charge in [-0.05, 0) is 19.9 Å². The molecule has 0 atom stereocenters. The summed E-state index contributed by atoms with van der Waals surface area (Å²) in [6, 6.07) is 1.65. The van der Waals surface area contributed by atoms with Gasteiger partial charge in [-0.2, -0.15) is 0 Å². The van der Waals surface area contributed by atoms with E-state index in [2.05, 4.69) is 23.0 Å². The van der Waals surface area contributed by atoms with E-state index in [9.17, 15) is 4.79 Å². The van der Waals surface area contributed by atoms with Crippen molar-refractivity contribution in [3.05, 3.63) is 35.7 Å². The smallest absolute Gasteiger partial charge is 0.171 e. The van der Waals surface area contributed by atoms with Crippen LogP contribution in [0, 0.1) is 0 Å². The zero-order valence-electron chi connectivity index (χ0n) is 8.64. The highest BCUT2D eigenvalue weighted by Crippen LogP contribution is 2.21. The van der Waals surface area contributed by atoms with Gasteiger partial charge in [0.05, 0.1) is 0 Å². The molecule has 80 valence electrons. The Kier molecular flexibility index (Phi) is 4.50. The van der Waals surface area contributed by atoms with Crippen LogP contribution in [0.5, 0.6) is 0 Å². The second-order valence-electron chi connectivity index (χ2n) is 2.87. The summed E-state index contributed by atoms with van der Waals surface area (Å²) in [5, 5.41) is 3.59. The Morgan fingerprint density at radius 1 is 1.47 bits per heavy atom. The maximum Gasteiger partial charge on any atom is 0.171 e. The number of aldehydes is 1. The summed E-state index contributed by atoms with van der Waals surface area (Å²) >= 11 is 0. The number of allylic oxidation sites excluding steroid dienone is 4. The Morgan fingerprint density at radius 2 is 2.27 bits per heavy atom. The van der Waals surface area contributed by atoms with Crippen LogP contribution in [0.25, 0.3) is 5.57 Å². The molecule has 0 spiro atoms. The van der Waals surface area contributed by atoms with E-state index < -0.39 is 0 Å². The summed E-state index contributed by atoms with van der Waals surface area (Å²) in [6.07, 6.45) is 8.91. The number of nitrogens with two attached hydrogens (primary N) is 1. The zero-order chi connectivity index (χ0) is 11.1. The van der Waals surface area contributed by atoms with Crippen molar-refractivity contribution in [1.82, 2.24) is 5.16 Å². The van der Waals surface area contributed by atoms with Crippen molar-refractivity contribution in [3.63, 3.8) is 0 Å². The van der Waals surface area contributed by atoms with Gasteiger partial charge in [0.15, 0.2) is 12.0 Å². The van der Waals surface area contributed by atoms with Crippen molar-refractivity contribution in [2.45, 2.75) is 12.8 Å². The van der Waals surface area contributed by atoms with Gasteiger partial charge in [-0.1, -0.05) is 23.4 Å². The van der Waals surface area contributed by atoms with E-state index in [1.165, 1.54) is 7.05 Å². The molecule has 0 fully saturated rings. The van der Waals surface area contributed by atoms with Crippen molar-refractivity contribution in [2.75, 3.05) is 7.05 Å². The zero-order valence-corrected chi connectivity index (χ0v) is 8.64. The molecule has 2 N–H and O–H groups in total. The van der Waals surface area contributed by atoms with E-state index in [0.717, 1.165) is 18.4 Å². The standard InChI is InChI=1S/C10H9NO2.CH5N/c12-7-9-6-10(13-11-9)8-4-2-1-3-5-8;1-2/h2,4-7H,1,3H2;2H2,1H3. The fourth-order valence-electron chi connectivity index (χ4n) is 1.28. The van der Waals surface area contributed by atoms with Gasteiger partial charge in [0.1, 0.15) is 5.69 Å². The number of nitrogens with zero attached hydrogens (tertiary/aromatic N) is 1. The molecule has 0 bridgehead atoms. The second kappa shape index (κ2) is 5.93. The summed E-state index contributed by atoms with van der Waals surface area (Å²) in [7, 11) is 1.50. The molecular weight excluding hydrogens is 192 g/mol. The molecule has 0 amide bonds. The number of hydrogen-bond acceptors (Lipinski definition) is 4. The van der Waals surface area contributed by atoms with Crippen LogP contribution in [0.15, 0.2) is 28.8 Å². The molecule has 4 nitrogen and oxygen atoms in total. The lowest BCUT2D eigenvalue weighted by Crippen LogP contribution is -1.82. The first kappa shape index (κ1) is 11.4. The average molecular weight is 206 g/mol. The highest BCUT2D eigenvalue weighted by atomic mass is 16.5. The third-order valence-corrected chi connectivity index (χ3v) is 1.93. The largest absolute Gasteiger partial charge is 0.356 e. The van der Waals surface area contributed by atoms with E-state index in [4.69, 9.17) is 4.52 Å². The highest BCUT2D eigenvalue weighted by Gasteiger charge is 2.07. The van der Waals surface area contributed by atoms with Crippen LogP contribution in [0.1, 0.15) is 29.1 Å². The second-order valence-corrected chi connectivity index (χ2v) is 2.87. The van der Waals surface area contributed by atoms with Crippen molar-refractivity contribution in [2.24, 2.45) is 5.73 Å². The lowest BCUT2D eigenvalue weighted by molar-refractivity contribution is 0.111. The quantitative estimate of drug-likeness (QED) is 0.749. The average Bonchev–Trinajstić information content (AvgIpc) is 2.81. The van der Waals surface area contributed by atoms with Crippen molar-refractivity contribution >= 4 is 11.9 Å². The molecule has 1 heterocycles. The van der Waals surface area contributed by atoms with Gasteiger partial charge in [0.2, 0.25) is 0 Å². The first-order valence-corrected chi connectivity index (χ1v) is 4.77. The monoisotopic (exact) mass is 206 g/mol. The van der Waals surface area contributed by atoms with Crippen molar-refractivity contribution in [3.8, 4) is 0 Å². The maximum absolute atomic E-state index is 10.3. The van der Waals surface area contributed by atoms with E-state index in [1.807, 2.05) is 6.08 Å². The molecule has 4 heteroatoms. The topological polar surface area (TPSA) is 69.1 Å². The summed E-state index contributed by atoms with van der Waals surface area (Å²) < 4.78 is 4.99. The fourth-order valence-corrected chi connectivity index (χ4v) is 1.28. The number of carbonyl (C=O) groups is 1. The third kappa shape index (κ3) is 2.89. The SMILES string of the molecule is CN.O=Cc1cc(C2=CCCC=C2)on1. The van der Waals surface area contributed by atoms with E-state index >= 15 is 0 Å². The molecule has 1 aromatic heterocycles. The van der Waals surface area contributed by atoms with Crippen LogP contribution in [-0.2, 0) is 0 Å². The summed E-state index contributed by atoms with van der Waals surface area (Å²) in [5.41, 5.74) is 5.85. The Bertz CT molecular complexity index is 378. The summed E-state index contributed by atoms with van der Waals surface area (Å²) in [5.74, 6) is 0.665. The molecule has 0 aliphatic heterocycles.